The predicted octanol–water partition coefficient (Wildman–Crippen LogP) is 1.90. The fourth-order valence-corrected chi connectivity index (χ4v) is 2.61. The van der Waals surface area contributed by atoms with Crippen LogP contribution >= 0.6 is 0 Å². The van der Waals surface area contributed by atoms with Crippen LogP contribution < -0.4 is 0 Å². The molecule has 0 aromatic heterocycles. The van der Waals surface area contributed by atoms with E-state index >= 15 is 0 Å². The van der Waals surface area contributed by atoms with Gasteiger partial charge in [-0.25, -0.2) is 0 Å². The first-order chi connectivity index (χ1) is 6.29. The van der Waals surface area contributed by atoms with Crippen molar-refractivity contribution in [3.8, 4) is 0 Å². The van der Waals surface area contributed by atoms with Gasteiger partial charge in [-0.3, -0.25) is 4.90 Å². The summed E-state index contributed by atoms with van der Waals surface area (Å²) in [5.74, 6) is 0.830. The largest absolute Gasteiger partial charge is 0.381 e. The van der Waals surface area contributed by atoms with E-state index in [9.17, 15) is 0 Å². The Balaban J connectivity index is 1.85. The average Bonchev–Trinajstić information content (AvgIpc) is 2.02. The van der Waals surface area contributed by atoms with Crippen LogP contribution in [0.25, 0.3) is 0 Å². The maximum absolute atomic E-state index is 5.39. The van der Waals surface area contributed by atoms with Gasteiger partial charge in [0.25, 0.3) is 0 Å². The molecule has 13 heavy (non-hydrogen) atoms. The summed E-state index contributed by atoms with van der Waals surface area (Å²) in [4.78, 5) is 2.70. The third-order valence-corrected chi connectivity index (χ3v) is 3.54. The van der Waals surface area contributed by atoms with Crippen molar-refractivity contribution in [2.24, 2.45) is 5.92 Å². The number of nitrogens with zero attached hydrogens (tertiary/aromatic N) is 1. The average molecular weight is 183 g/mol. The Morgan fingerprint density at radius 1 is 1.15 bits per heavy atom. The molecule has 0 saturated carbocycles. The molecule has 0 aromatic rings. The molecule has 2 heterocycles. The van der Waals surface area contributed by atoms with Crippen molar-refractivity contribution < 1.29 is 4.74 Å². The van der Waals surface area contributed by atoms with Gasteiger partial charge in [0.2, 0.25) is 0 Å². The second-order valence-electron chi connectivity index (χ2n) is 4.68. The van der Waals surface area contributed by atoms with E-state index in [0.717, 1.165) is 31.2 Å². The van der Waals surface area contributed by atoms with Crippen molar-refractivity contribution in [3.63, 3.8) is 0 Å². The van der Waals surface area contributed by atoms with Crippen molar-refractivity contribution in [2.75, 3.05) is 19.8 Å². The van der Waals surface area contributed by atoms with E-state index in [4.69, 9.17) is 4.74 Å². The number of ether oxygens (including phenoxy) is 1. The maximum atomic E-state index is 5.39. The molecule has 0 radical (unpaired) electrons. The molecule has 0 aliphatic carbocycles. The van der Waals surface area contributed by atoms with Gasteiger partial charge in [0.1, 0.15) is 0 Å². The highest BCUT2D eigenvalue weighted by Crippen LogP contribution is 2.30. The molecule has 2 rings (SSSR count). The maximum Gasteiger partial charge on any atom is 0.0480 e. The Labute approximate surface area is 81.3 Å². The zero-order valence-corrected chi connectivity index (χ0v) is 8.83. The molecule has 0 bridgehead atoms. The number of hydrogen-bond acceptors (Lipinski definition) is 2. The van der Waals surface area contributed by atoms with Crippen LogP contribution in [-0.4, -0.2) is 36.7 Å². The zero-order chi connectivity index (χ0) is 9.26. The topological polar surface area (TPSA) is 12.5 Å². The van der Waals surface area contributed by atoms with E-state index in [1.807, 2.05) is 0 Å². The van der Waals surface area contributed by atoms with E-state index in [2.05, 4.69) is 18.7 Å². The van der Waals surface area contributed by atoms with Crippen LogP contribution in [0.5, 0.6) is 0 Å². The van der Waals surface area contributed by atoms with Crippen molar-refractivity contribution in [3.05, 3.63) is 0 Å². The van der Waals surface area contributed by atoms with E-state index < -0.39 is 0 Å². The van der Waals surface area contributed by atoms with Gasteiger partial charge in [-0.15, -0.1) is 0 Å². The van der Waals surface area contributed by atoms with Gasteiger partial charge >= 0.3 is 0 Å². The van der Waals surface area contributed by atoms with Crippen molar-refractivity contribution in [1.82, 2.24) is 4.90 Å². The molecule has 76 valence electrons. The van der Waals surface area contributed by atoms with Gasteiger partial charge in [-0.1, -0.05) is 13.8 Å². The van der Waals surface area contributed by atoms with Crippen LogP contribution in [0.1, 0.15) is 33.1 Å². The second-order valence-corrected chi connectivity index (χ2v) is 4.68. The lowest BCUT2D eigenvalue weighted by Crippen LogP contribution is -2.56. The quantitative estimate of drug-likeness (QED) is 0.648. The Morgan fingerprint density at radius 2 is 1.85 bits per heavy atom. The molecule has 0 spiro atoms. The van der Waals surface area contributed by atoms with Gasteiger partial charge in [-0.05, 0) is 25.2 Å². The summed E-state index contributed by atoms with van der Waals surface area (Å²) in [5.41, 5.74) is 0. The van der Waals surface area contributed by atoms with Gasteiger partial charge in [-0.2, -0.15) is 0 Å². The van der Waals surface area contributed by atoms with E-state index in [1.165, 1.54) is 25.8 Å². The van der Waals surface area contributed by atoms with Gasteiger partial charge < -0.3 is 4.74 Å². The molecule has 2 aliphatic rings. The SMILES string of the molecule is CC(C)C1CCN1C1CCOCC1. The van der Waals surface area contributed by atoms with Crippen LogP contribution in [0.2, 0.25) is 0 Å². The van der Waals surface area contributed by atoms with Crippen LogP contribution in [0.4, 0.5) is 0 Å². The standard InChI is InChI=1S/C11H21NO/c1-9(2)11-3-6-12(11)10-4-7-13-8-5-10/h9-11H,3-8H2,1-2H3. The Kier molecular flexibility index (Phi) is 2.89. The Hall–Kier alpha value is -0.0800. The van der Waals surface area contributed by atoms with Crippen molar-refractivity contribution in [2.45, 2.75) is 45.2 Å². The molecule has 0 amide bonds. The monoisotopic (exact) mass is 183 g/mol. The minimum Gasteiger partial charge on any atom is -0.381 e. The van der Waals surface area contributed by atoms with Gasteiger partial charge in [0.05, 0.1) is 0 Å². The molecular formula is C11H21NO. The van der Waals surface area contributed by atoms with Crippen LogP contribution in [0.15, 0.2) is 0 Å². The van der Waals surface area contributed by atoms with Gasteiger partial charge in [0, 0.05) is 31.8 Å². The van der Waals surface area contributed by atoms with Crippen molar-refractivity contribution >= 4 is 0 Å². The summed E-state index contributed by atoms with van der Waals surface area (Å²) < 4.78 is 5.39. The summed E-state index contributed by atoms with van der Waals surface area (Å²) in [6.07, 6.45) is 3.92. The molecule has 0 aromatic carbocycles. The van der Waals surface area contributed by atoms with Crippen LogP contribution in [0.3, 0.4) is 0 Å². The number of hydrogen-bond donors (Lipinski definition) is 0. The van der Waals surface area contributed by atoms with E-state index in [1.54, 1.807) is 0 Å². The summed E-state index contributed by atoms with van der Waals surface area (Å²) in [7, 11) is 0. The summed E-state index contributed by atoms with van der Waals surface area (Å²) in [5, 5.41) is 0. The summed E-state index contributed by atoms with van der Waals surface area (Å²) >= 11 is 0. The first-order valence-electron chi connectivity index (χ1n) is 5.62. The Bertz CT molecular complexity index is 163. The minimum atomic E-state index is 0.829. The molecule has 2 aliphatic heterocycles. The molecule has 2 heteroatoms. The molecule has 2 saturated heterocycles. The predicted molar refractivity (Wildman–Crippen MR) is 53.8 cm³/mol. The normalized spacial score (nSPS) is 32.1. The molecule has 1 atom stereocenters. The number of rotatable bonds is 2. The molecule has 0 N–H and O–H groups in total. The first-order valence-corrected chi connectivity index (χ1v) is 5.62. The summed E-state index contributed by atoms with van der Waals surface area (Å²) in [6, 6.07) is 1.69. The lowest BCUT2D eigenvalue weighted by atomic mass is 9.88. The third-order valence-electron chi connectivity index (χ3n) is 3.54. The van der Waals surface area contributed by atoms with E-state index in [-0.39, 0.29) is 0 Å². The minimum absolute atomic E-state index is 0.829. The molecular weight excluding hydrogens is 162 g/mol. The smallest absolute Gasteiger partial charge is 0.0480 e. The lowest BCUT2D eigenvalue weighted by molar-refractivity contribution is -0.0380. The first kappa shape index (κ1) is 9.47. The third kappa shape index (κ3) is 1.89. The van der Waals surface area contributed by atoms with Crippen LogP contribution in [0, 0.1) is 5.92 Å². The summed E-state index contributed by atoms with van der Waals surface area (Å²) in [6.45, 7) is 7.97. The molecule has 2 fully saturated rings. The second kappa shape index (κ2) is 3.97. The van der Waals surface area contributed by atoms with E-state index in [0.29, 0.717) is 0 Å². The zero-order valence-electron chi connectivity index (χ0n) is 8.83. The Morgan fingerprint density at radius 3 is 2.31 bits per heavy atom. The van der Waals surface area contributed by atoms with Gasteiger partial charge in [0.15, 0.2) is 0 Å². The van der Waals surface area contributed by atoms with Crippen molar-refractivity contribution in [1.29, 1.82) is 0 Å². The fourth-order valence-electron chi connectivity index (χ4n) is 2.61. The molecule has 2 nitrogen and oxygen atoms in total. The fraction of sp³-hybridized carbons (Fsp3) is 1.00. The highest BCUT2D eigenvalue weighted by atomic mass is 16.5. The molecule has 1 unspecified atom stereocenters. The number of likely N-dealkylation sites (tertiary alicyclic amines) is 1. The van der Waals surface area contributed by atoms with Crippen LogP contribution in [-0.2, 0) is 4.74 Å². The highest BCUT2D eigenvalue weighted by molar-refractivity contribution is 4.90. The lowest BCUT2D eigenvalue weighted by Gasteiger charge is -2.49. The highest BCUT2D eigenvalue weighted by Gasteiger charge is 2.35.